The normalized spacial score (nSPS) is 11.5. The van der Waals surface area contributed by atoms with Gasteiger partial charge in [0.2, 0.25) is 0 Å². The fraction of sp³-hybridized carbons (Fsp3) is 0.353. The molecule has 2 aromatic rings. The van der Waals surface area contributed by atoms with E-state index in [1.54, 1.807) is 0 Å². The highest BCUT2D eigenvalue weighted by molar-refractivity contribution is 5.35. The van der Waals surface area contributed by atoms with Crippen LogP contribution in [-0.4, -0.2) is 11.2 Å². The molecular formula is C17H18F3NO2. The third-order valence-corrected chi connectivity index (χ3v) is 3.46. The molecule has 124 valence electrons. The van der Waals surface area contributed by atoms with Gasteiger partial charge in [0.1, 0.15) is 5.75 Å². The highest BCUT2D eigenvalue weighted by Gasteiger charge is 2.30. The number of rotatable bonds is 5. The second kappa shape index (κ2) is 6.89. The Hall–Kier alpha value is -2.24. The predicted octanol–water partition coefficient (Wildman–Crippen LogP) is 3.95. The van der Waals surface area contributed by atoms with Crippen molar-refractivity contribution >= 4 is 0 Å². The van der Waals surface area contributed by atoms with Gasteiger partial charge in [0.15, 0.2) is 0 Å². The molecule has 0 N–H and O–H groups in total. The van der Waals surface area contributed by atoms with Gasteiger partial charge in [-0.3, -0.25) is 4.79 Å². The van der Waals surface area contributed by atoms with E-state index in [9.17, 15) is 18.0 Å². The molecule has 0 bridgehead atoms. The monoisotopic (exact) mass is 325 g/mol. The first kappa shape index (κ1) is 17.1. The predicted molar refractivity (Wildman–Crippen MR) is 81.7 cm³/mol. The average Bonchev–Trinajstić information content (AvgIpc) is 2.47. The lowest BCUT2D eigenvalue weighted by atomic mass is 10.1. The standard InChI is InChI=1S/C17H18F3NO2/c1-12-4-5-13(2)15(10-12)23-9-3-8-21-11-14(17(18,19)20)6-7-16(21)22/h4-7,10-11H,3,8-9H2,1-2H3. The van der Waals surface area contributed by atoms with E-state index in [0.717, 1.165) is 39.8 Å². The Kier molecular flexibility index (Phi) is 5.13. The number of nitrogens with zero attached hydrogens (tertiary/aromatic N) is 1. The van der Waals surface area contributed by atoms with Crippen LogP contribution in [0.1, 0.15) is 23.1 Å². The molecule has 0 aliphatic carbocycles. The molecule has 0 radical (unpaired) electrons. The molecule has 1 aromatic carbocycles. The maximum Gasteiger partial charge on any atom is 0.417 e. The molecule has 23 heavy (non-hydrogen) atoms. The van der Waals surface area contributed by atoms with Crippen molar-refractivity contribution in [1.29, 1.82) is 0 Å². The number of aromatic nitrogens is 1. The summed E-state index contributed by atoms with van der Waals surface area (Å²) in [7, 11) is 0. The minimum Gasteiger partial charge on any atom is -0.493 e. The molecule has 6 heteroatoms. The minimum absolute atomic E-state index is 0.174. The Labute approximate surface area is 132 Å². The van der Waals surface area contributed by atoms with E-state index in [0.29, 0.717) is 13.0 Å². The van der Waals surface area contributed by atoms with Gasteiger partial charge < -0.3 is 9.30 Å². The Morgan fingerprint density at radius 3 is 2.57 bits per heavy atom. The Morgan fingerprint density at radius 2 is 1.87 bits per heavy atom. The number of benzene rings is 1. The quantitative estimate of drug-likeness (QED) is 0.779. The van der Waals surface area contributed by atoms with Gasteiger partial charge in [-0.1, -0.05) is 12.1 Å². The van der Waals surface area contributed by atoms with Crippen molar-refractivity contribution < 1.29 is 17.9 Å². The summed E-state index contributed by atoms with van der Waals surface area (Å²) in [4.78, 5) is 11.6. The van der Waals surface area contributed by atoms with Crippen molar-refractivity contribution in [2.24, 2.45) is 0 Å². The van der Waals surface area contributed by atoms with Gasteiger partial charge in [-0.2, -0.15) is 13.2 Å². The van der Waals surface area contributed by atoms with E-state index in [1.165, 1.54) is 0 Å². The van der Waals surface area contributed by atoms with Crippen LogP contribution in [0.3, 0.4) is 0 Å². The summed E-state index contributed by atoms with van der Waals surface area (Å²) in [5.41, 5.74) is 0.781. The van der Waals surface area contributed by atoms with Crippen molar-refractivity contribution in [1.82, 2.24) is 4.57 Å². The lowest BCUT2D eigenvalue weighted by Crippen LogP contribution is -2.22. The van der Waals surface area contributed by atoms with Crippen LogP contribution in [0, 0.1) is 13.8 Å². The van der Waals surface area contributed by atoms with Crippen molar-refractivity contribution in [2.45, 2.75) is 33.0 Å². The Balaban J connectivity index is 1.96. The topological polar surface area (TPSA) is 31.2 Å². The first-order valence-electron chi connectivity index (χ1n) is 7.25. The molecule has 0 saturated carbocycles. The molecule has 1 aromatic heterocycles. The van der Waals surface area contributed by atoms with Crippen LogP contribution in [0.25, 0.3) is 0 Å². The van der Waals surface area contributed by atoms with Crippen LogP contribution in [0.5, 0.6) is 5.75 Å². The summed E-state index contributed by atoms with van der Waals surface area (Å²) in [6.45, 7) is 4.38. The van der Waals surface area contributed by atoms with Gasteiger partial charge in [-0.15, -0.1) is 0 Å². The smallest absolute Gasteiger partial charge is 0.417 e. The number of hydrogen-bond donors (Lipinski definition) is 0. The summed E-state index contributed by atoms with van der Waals surface area (Å²) in [6, 6.07) is 7.57. The SMILES string of the molecule is Cc1ccc(C)c(OCCCn2cc(C(F)(F)F)ccc2=O)c1. The highest BCUT2D eigenvalue weighted by Crippen LogP contribution is 2.28. The zero-order chi connectivity index (χ0) is 17.0. The van der Waals surface area contributed by atoms with Gasteiger partial charge in [0.05, 0.1) is 12.2 Å². The van der Waals surface area contributed by atoms with Gasteiger partial charge in [-0.05, 0) is 43.5 Å². The number of ether oxygens (including phenoxy) is 1. The van der Waals surface area contributed by atoms with E-state index in [2.05, 4.69) is 0 Å². The molecule has 2 rings (SSSR count). The van der Waals surface area contributed by atoms with Crippen molar-refractivity contribution in [3.05, 3.63) is 63.6 Å². The maximum atomic E-state index is 12.7. The van der Waals surface area contributed by atoms with Crippen LogP contribution in [-0.2, 0) is 12.7 Å². The van der Waals surface area contributed by atoms with E-state index in [4.69, 9.17) is 4.74 Å². The van der Waals surface area contributed by atoms with Crippen LogP contribution < -0.4 is 10.3 Å². The zero-order valence-electron chi connectivity index (χ0n) is 13.0. The summed E-state index contributed by atoms with van der Waals surface area (Å²) in [6.07, 6.45) is -3.17. The highest BCUT2D eigenvalue weighted by atomic mass is 19.4. The van der Waals surface area contributed by atoms with E-state index < -0.39 is 17.3 Å². The molecule has 0 spiro atoms. The summed E-state index contributed by atoms with van der Waals surface area (Å²) in [5, 5.41) is 0. The van der Waals surface area contributed by atoms with Gasteiger partial charge in [0, 0.05) is 18.8 Å². The summed E-state index contributed by atoms with van der Waals surface area (Å²) in [5.74, 6) is 0.751. The Bertz CT molecular complexity index is 735. The van der Waals surface area contributed by atoms with Crippen molar-refractivity contribution in [3.63, 3.8) is 0 Å². The van der Waals surface area contributed by atoms with Crippen LogP contribution in [0.15, 0.2) is 41.3 Å². The number of aryl methyl sites for hydroxylation is 3. The second-order valence-corrected chi connectivity index (χ2v) is 5.42. The van der Waals surface area contributed by atoms with Crippen LogP contribution in [0.2, 0.25) is 0 Å². The molecule has 0 unspecified atom stereocenters. The number of hydrogen-bond acceptors (Lipinski definition) is 2. The van der Waals surface area contributed by atoms with Gasteiger partial charge in [-0.25, -0.2) is 0 Å². The van der Waals surface area contributed by atoms with Crippen molar-refractivity contribution in [3.8, 4) is 5.75 Å². The zero-order valence-corrected chi connectivity index (χ0v) is 13.0. The maximum absolute atomic E-state index is 12.7. The number of pyridine rings is 1. The fourth-order valence-electron chi connectivity index (χ4n) is 2.15. The summed E-state index contributed by atoms with van der Waals surface area (Å²) < 4.78 is 44.7. The van der Waals surface area contributed by atoms with Gasteiger partial charge in [0.25, 0.3) is 5.56 Å². The minimum atomic E-state index is -4.45. The van der Waals surface area contributed by atoms with Crippen LogP contribution >= 0.6 is 0 Å². The molecule has 1 heterocycles. The molecule has 0 aliphatic rings. The third-order valence-electron chi connectivity index (χ3n) is 3.46. The Morgan fingerprint density at radius 1 is 1.13 bits per heavy atom. The van der Waals surface area contributed by atoms with E-state index in [-0.39, 0.29) is 6.54 Å². The lowest BCUT2D eigenvalue weighted by molar-refractivity contribution is -0.138. The second-order valence-electron chi connectivity index (χ2n) is 5.42. The third kappa shape index (κ3) is 4.61. The molecule has 0 aliphatic heterocycles. The molecule has 0 fully saturated rings. The van der Waals surface area contributed by atoms with E-state index in [1.807, 2.05) is 32.0 Å². The lowest BCUT2D eigenvalue weighted by Gasteiger charge is -2.12. The number of alkyl halides is 3. The first-order valence-corrected chi connectivity index (χ1v) is 7.25. The number of halogens is 3. The van der Waals surface area contributed by atoms with Crippen LogP contribution in [0.4, 0.5) is 13.2 Å². The first-order chi connectivity index (χ1) is 10.8. The largest absolute Gasteiger partial charge is 0.493 e. The van der Waals surface area contributed by atoms with E-state index >= 15 is 0 Å². The fourth-order valence-corrected chi connectivity index (χ4v) is 2.15. The average molecular weight is 325 g/mol. The molecule has 0 saturated heterocycles. The van der Waals surface area contributed by atoms with Gasteiger partial charge >= 0.3 is 6.18 Å². The van der Waals surface area contributed by atoms with Crippen molar-refractivity contribution in [2.75, 3.05) is 6.61 Å². The molecular weight excluding hydrogens is 307 g/mol. The molecule has 0 amide bonds. The molecule has 0 atom stereocenters. The summed E-state index contributed by atoms with van der Waals surface area (Å²) >= 11 is 0. The molecule has 3 nitrogen and oxygen atoms in total.